The lowest BCUT2D eigenvalue weighted by Crippen LogP contribution is -2.17. The van der Waals surface area contributed by atoms with E-state index in [0.717, 1.165) is 12.1 Å². The van der Waals surface area contributed by atoms with Gasteiger partial charge in [-0.1, -0.05) is 12.1 Å². The molecule has 1 aromatic rings. The summed E-state index contributed by atoms with van der Waals surface area (Å²) in [6, 6.07) is 7.91. The van der Waals surface area contributed by atoms with Crippen LogP contribution < -0.4 is 11.1 Å². The van der Waals surface area contributed by atoms with Crippen molar-refractivity contribution in [1.82, 2.24) is 0 Å². The molecule has 0 bridgehead atoms. The highest BCUT2D eigenvalue weighted by Gasteiger charge is 1.98. The summed E-state index contributed by atoms with van der Waals surface area (Å²) in [7, 11) is 0. The Morgan fingerprint density at radius 1 is 1.43 bits per heavy atom. The molecule has 1 amide bonds. The minimum atomic E-state index is -0.0510. The average Bonchev–Trinajstić information content (AvgIpc) is 2.06. The van der Waals surface area contributed by atoms with Crippen LogP contribution in [0.1, 0.15) is 19.4 Å². The summed E-state index contributed by atoms with van der Waals surface area (Å²) in [5, 5.41) is 2.72. The zero-order valence-electron chi connectivity index (χ0n) is 8.58. The van der Waals surface area contributed by atoms with Gasteiger partial charge in [0, 0.05) is 18.7 Å². The van der Waals surface area contributed by atoms with Crippen LogP contribution in [-0.2, 0) is 11.2 Å². The van der Waals surface area contributed by atoms with Gasteiger partial charge in [0.15, 0.2) is 0 Å². The van der Waals surface area contributed by atoms with E-state index in [9.17, 15) is 4.79 Å². The summed E-state index contributed by atoms with van der Waals surface area (Å²) in [4.78, 5) is 10.7. The van der Waals surface area contributed by atoms with Crippen LogP contribution in [0.15, 0.2) is 24.3 Å². The Morgan fingerprint density at radius 3 is 2.43 bits per heavy atom. The molecule has 3 heteroatoms. The van der Waals surface area contributed by atoms with Crippen molar-refractivity contribution in [3.8, 4) is 0 Å². The van der Waals surface area contributed by atoms with Gasteiger partial charge in [-0.15, -0.1) is 0 Å². The number of hydrogen-bond donors (Lipinski definition) is 2. The molecule has 1 aromatic carbocycles. The zero-order chi connectivity index (χ0) is 10.6. The lowest BCUT2D eigenvalue weighted by Gasteiger charge is -2.06. The van der Waals surface area contributed by atoms with Crippen molar-refractivity contribution in [2.45, 2.75) is 26.3 Å². The number of carbonyl (C=O) groups excluding carboxylic acids is 1. The van der Waals surface area contributed by atoms with Gasteiger partial charge in [0.25, 0.3) is 0 Å². The third-order valence-electron chi connectivity index (χ3n) is 1.83. The van der Waals surface area contributed by atoms with E-state index in [1.165, 1.54) is 12.5 Å². The first-order chi connectivity index (χ1) is 6.58. The summed E-state index contributed by atoms with van der Waals surface area (Å²) >= 11 is 0. The quantitative estimate of drug-likeness (QED) is 0.763. The number of benzene rings is 1. The van der Waals surface area contributed by atoms with E-state index in [1.54, 1.807) is 0 Å². The van der Waals surface area contributed by atoms with Gasteiger partial charge >= 0.3 is 0 Å². The Bertz CT molecular complexity index is 304. The molecule has 14 heavy (non-hydrogen) atoms. The number of nitrogens with one attached hydrogen (secondary N) is 1. The van der Waals surface area contributed by atoms with Crippen LogP contribution in [0.25, 0.3) is 0 Å². The fourth-order valence-corrected chi connectivity index (χ4v) is 1.30. The summed E-state index contributed by atoms with van der Waals surface area (Å²) < 4.78 is 0. The van der Waals surface area contributed by atoms with Crippen molar-refractivity contribution < 1.29 is 4.79 Å². The van der Waals surface area contributed by atoms with Gasteiger partial charge < -0.3 is 11.1 Å². The Hall–Kier alpha value is -1.35. The second-order valence-corrected chi connectivity index (χ2v) is 3.56. The SMILES string of the molecule is CC(=O)Nc1ccc(CC(C)N)cc1. The second-order valence-electron chi connectivity index (χ2n) is 3.56. The van der Waals surface area contributed by atoms with Crippen LogP contribution >= 0.6 is 0 Å². The summed E-state index contributed by atoms with van der Waals surface area (Å²) in [6.07, 6.45) is 0.861. The van der Waals surface area contributed by atoms with Gasteiger partial charge in [-0.05, 0) is 31.0 Å². The lowest BCUT2D eigenvalue weighted by molar-refractivity contribution is -0.114. The molecule has 0 fully saturated rings. The fraction of sp³-hybridized carbons (Fsp3) is 0.364. The van der Waals surface area contributed by atoms with E-state index >= 15 is 0 Å². The highest BCUT2D eigenvalue weighted by Crippen LogP contribution is 2.10. The van der Waals surface area contributed by atoms with Gasteiger partial charge in [0.2, 0.25) is 5.91 Å². The molecule has 0 aliphatic carbocycles. The minimum absolute atomic E-state index is 0.0510. The first kappa shape index (κ1) is 10.7. The van der Waals surface area contributed by atoms with Crippen molar-refractivity contribution >= 4 is 11.6 Å². The molecule has 76 valence electrons. The van der Waals surface area contributed by atoms with Crippen molar-refractivity contribution in [1.29, 1.82) is 0 Å². The molecule has 0 aliphatic heterocycles. The molecular weight excluding hydrogens is 176 g/mol. The van der Waals surface area contributed by atoms with Crippen LogP contribution in [0.2, 0.25) is 0 Å². The fourth-order valence-electron chi connectivity index (χ4n) is 1.30. The average molecular weight is 192 g/mol. The molecule has 0 radical (unpaired) electrons. The van der Waals surface area contributed by atoms with Gasteiger partial charge in [-0.3, -0.25) is 4.79 Å². The highest BCUT2D eigenvalue weighted by molar-refractivity contribution is 5.88. The maximum Gasteiger partial charge on any atom is 0.221 e. The monoisotopic (exact) mass is 192 g/mol. The molecule has 0 spiro atoms. The van der Waals surface area contributed by atoms with E-state index in [2.05, 4.69) is 5.32 Å². The van der Waals surface area contributed by atoms with Gasteiger partial charge in [0.05, 0.1) is 0 Å². The molecule has 3 N–H and O–H groups in total. The Kier molecular flexibility index (Phi) is 3.65. The number of carbonyl (C=O) groups is 1. The minimum Gasteiger partial charge on any atom is -0.328 e. The molecule has 0 aliphatic rings. The number of hydrogen-bond acceptors (Lipinski definition) is 2. The molecule has 1 rings (SSSR count). The Labute approximate surface area is 84.3 Å². The predicted octanol–water partition coefficient (Wildman–Crippen LogP) is 1.53. The standard InChI is InChI=1S/C11H16N2O/c1-8(12)7-10-3-5-11(6-4-10)13-9(2)14/h3-6,8H,7,12H2,1-2H3,(H,13,14). The maximum absolute atomic E-state index is 10.7. The first-order valence-electron chi connectivity index (χ1n) is 4.70. The zero-order valence-corrected chi connectivity index (χ0v) is 8.58. The molecule has 0 saturated carbocycles. The molecule has 0 saturated heterocycles. The number of nitrogens with two attached hydrogens (primary N) is 1. The van der Waals surface area contributed by atoms with Gasteiger partial charge in [-0.2, -0.15) is 0 Å². The number of anilines is 1. The Morgan fingerprint density at radius 2 is 2.00 bits per heavy atom. The largest absolute Gasteiger partial charge is 0.328 e. The van der Waals surface area contributed by atoms with E-state index in [-0.39, 0.29) is 11.9 Å². The first-order valence-corrected chi connectivity index (χ1v) is 4.70. The molecular formula is C11H16N2O. The highest BCUT2D eigenvalue weighted by atomic mass is 16.1. The van der Waals surface area contributed by atoms with E-state index in [4.69, 9.17) is 5.73 Å². The van der Waals surface area contributed by atoms with Crippen molar-refractivity contribution in [2.75, 3.05) is 5.32 Å². The Balaban J connectivity index is 2.63. The normalized spacial score (nSPS) is 12.2. The summed E-state index contributed by atoms with van der Waals surface area (Å²) in [5.41, 5.74) is 7.69. The van der Waals surface area contributed by atoms with Crippen LogP contribution in [-0.4, -0.2) is 11.9 Å². The molecule has 1 atom stereocenters. The molecule has 0 heterocycles. The van der Waals surface area contributed by atoms with Crippen molar-refractivity contribution in [3.05, 3.63) is 29.8 Å². The smallest absolute Gasteiger partial charge is 0.221 e. The van der Waals surface area contributed by atoms with Crippen molar-refractivity contribution in [3.63, 3.8) is 0 Å². The number of amides is 1. The summed E-state index contributed by atoms with van der Waals surface area (Å²) in [6.45, 7) is 3.47. The molecule has 0 aromatic heterocycles. The summed E-state index contributed by atoms with van der Waals surface area (Å²) in [5.74, 6) is -0.0510. The second kappa shape index (κ2) is 4.77. The molecule has 3 nitrogen and oxygen atoms in total. The number of rotatable bonds is 3. The lowest BCUT2D eigenvalue weighted by atomic mass is 10.1. The molecule has 1 unspecified atom stereocenters. The van der Waals surface area contributed by atoms with Crippen molar-refractivity contribution in [2.24, 2.45) is 5.73 Å². The van der Waals surface area contributed by atoms with E-state index in [0.29, 0.717) is 0 Å². The van der Waals surface area contributed by atoms with Crippen LogP contribution in [0.4, 0.5) is 5.69 Å². The van der Waals surface area contributed by atoms with E-state index in [1.807, 2.05) is 31.2 Å². The van der Waals surface area contributed by atoms with Crippen LogP contribution in [0.5, 0.6) is 0 Å². The van der Waals surface area contributed by atoms with Crippen LogP contribution in [0, 0.1) is 0 Å². The van der Waals surface area contributed by atoms with E-state index < -0.39 is 0 Å². The third-order valence-corrected chi connectivity index (χ3v) is 1.83. The predicted molar refractivity (Wildman–Crippen MR) is 58.1 cm³/mol. The van der Waals surface area contributed by atoms with Gasteiger partial charge in [0.1, 0.15) is 0 Å². The maximum atomic E-state index is 10.7. The topological polar surface area (TPSA) is 55.1 Å². The van der Waals surface area contributed by atoms with Gasteiger partial charge in [-0.25, -0.2) is 0 Å². The third kappa shape index (κ3) is 3.58. The van der Waals surface area contributed by atoms with Crippen LogP contribution in [0.3, 0.4) is 0 Å².